The molecule has 7 heteroatoms. The first-order valence-electron chi connectivity index (χ1n) is 10.9. The minimum atomic E-state index is -0.120. The van der Waals surface area contributed by atoms with Gasteiger partial charge in [-0.1, -0.05) is 42.8 Å². The first-order chi connectivity index (χ1) is 15.2. The van der Waals surface area contributed by atoms with E-state index in [2.05, 4.69) is 17.4 Å². The number of likely N-dealkylation sites (tertiary alicyclic amines) is 1. The number of carbonyl (C=O) groups is 2. The van der Waals surface area contributed by atoms with E-state index < -0.39 is 0 Å². The molecule has 0 atom stereocenters. The van der Waals surface area contributed by atoms with Crippen LogP contribution in [0.25, 0.3) is 10.6 Å². The molecule has 0 unspecified atom stereocenters. The van der Waals surface area contributed by atoms with Crippen molar-refractivity contribution in [1.29, 1.82) is 0 Å². The van der Waals surface area contributed by atoms with Crippen molar-refractivity contribution in [3.63, 3.8) is 0 Å². The lowest BCUT2D eigenvalue weighted by Crippen LogP contribution is -2.34. The molecular formula is C24H28N4O2S. The van der Waals surface area contributed by atoms with Crippen LogP contribution in [0.2, 0.25) is 0 Å². The van der Waals surface area contributed by atoms with Crippen LogP contribution in [-0.2, 0) is 11.3 Å². The summed E-state index contributed by atoms with van der Waals surface area (Å²) in [4.78, 5) is 28.0. The normalized spacial score (nSPS) is 14.5. The molecule has 4 rings (SSSR count). The zero-order valence-corrected chi connectivity index (χ0v) is 18.4. The van der Waals surface area contributed by atoms with Gasteiger partial charge >= 0.3 is 0 Å². The molecule has 1 aliphatic rings. The van der Waals surface area contributed by atoms with Gasteiger partial charge in [0.15, 0.2) is 0 Å². The summed E-state index contributed by atoms with van der Waals surface area (Å²) in [6.07, 6.45) is 6.42. The van der Waals surface area contributed by atoms with Crippen molar-refractivity contribution in [2.24, 2.45) is 0 Å². The minimum absolute atomic E-state index is 0.120. The van der Waals surface area contributed by atoms with Crippen molar-refractivity contribution < 1.29 is 9.59 Å². The Kier molecular flexibility index (Phi) is 7.14. The Balaban J connectivity index is 1.40. The largest absolute Gasteiger partial charge is 0.352 e. The van der Waals surface area contributed by atoms with E-state index in [4.69, 9.17) is 5.10 Å². The van der Waals surface area contributed by atoms with E-state index in [1.54, 1.807) is 11.3 Å². The van der Waals surface area contributed by atoms with E-state index in [-0.39, 0.29) is 11.8 Å². The molecular weight excluding hydrogens is 408 g/mol. The van der Waals surface area contributed by atoms with Gasteiger partial charge in [0.25, 0.3) is 5.91 Å². The zero-order chi connectivity index (χ0) is 21.5. The fraction of sp³-hybridized carbons (Fsp3) is 0.375. The van der Waals surface area contributed by atoms with Gasteiger partial charge in [0.2, 0.25) is 5.91 Å². The maximum absolute atomic E-state index is 13.0. The van der Waals surface area contributed by atoms with E-state index in [9.17, 15) is 9.59 Å². The maximum Gasteiger partial charge on any atom is 0.255 e. The number of hydrogen-bond acceptors (Lipinski definition) is 4. The second-order valence-corrected chi connectivity index (χ2v) is 8.80. The van der Waals surface area contributed by atoms with E-state index in [1.807, 2.05) is 51.5 Å². The van der Waals surface area contributed by atoms with Crippen molar-refractivity contribution in [2.45, 2.75) is 38.6 Å². The third-order valence-electron chi connectivity index (χ3n) is 5.51. The Morgan fingerprint density at radius 2 is 1.97 bits per heavy atom. The van der Waals surface area contributed by atoms with Crippen LogP contribution in [0.15, 0.2) is 54.0 Å². The summed E-state index contributed by atoms with van der Waals surface area (Å²) in [5.74, 6) is 0.121. The van der Waals surface area contributed by atoms with Crippen LogP contribution < -0.4 is 5.32 Å². The molecule has 1 fully saturated rings. The van der Waals surface area contributed by atoms with Gasteiger partial charge in [-0.25, -0.2) is 0 Å². The van der Waals surface area contributed by atoms with Crippen molar-refractivity contribution in [2.75, 3.05) is 19.6 Å². The molecule has 1 aliphatic heterocycles. The van der Waals surface area contributed by atoms with E-state index in [1.165, 1.54) is 0 Å². The van der Waals surface area contributed by atoms with Gasteiger partial charge in [-0.3, -0.25) is 14.3 Å². The van der Waals surface area contributed by atoms with E-state index in [0.717, 1.165) is 42.7 Å². The van der Waals surface area contributed by atoms with E-state index in [0.29, 0.717) is 37.3 Å². The van der Waals surface area contributed by atoms with Crippen LogP contribution in [0, 0.1) is 0 Å². The number of aromatic nitrogens is 2. The van der Waals surface area contributed by atoms with Crippen LogP contribution >= 0.6 is 11.3 Å². The summed E-state index contributed by atoms with van der Waals surface area (Å²) in [7, 11) is 0. The van der Waals surface area contributed by atoms with Gasteiger partial charge in [-0.05, 0) is 36.3 Å². The Morgan fingerprint density at radius 3 is 2.77 bits per heavy atom. The predicted molar refractivity (Wildman–Crippen MR) is 123 cm³/mol. The monoisotopic (exact) mass is 436 g/mol. The predicted octanol–water partition coefficient (Wildman–Crippen LogP) is 4.18. The summed E-state index contributed by atoms with van der Waals surface area (Å²) in [6, 6.07) is 14.1. The topological polar surface area (TPSA) is 67.2 Å². The molecule has 3 aromatic rings. The van der Waals surface area contributed by atoms with Crippen molar-refractivity contribution in [1.82, 2.24) is 20.0 Å². The number of nitrogens with zero attached hydrogens (tertiary/aromatic N) is 3. The number of nitrogens with one attached hydrogen (secondary N) is 1. The molecule has 2 aromatic heterocycles. The molecule has 1 N–H and O–H groups in total. The molecule has 31 heavy (non-hydrogen) atoms. The number of hydrogen-bond donors (Lipinski definition) is 1. The second-order valence-electron chi connectivity index (χ2n) is 7.85. The third-order valence-corrected chi connectivity index (χ3v) is 6.39. The SMILES string of the molecule is O=C(NCCCN1CCCCCC1=O)c1cn(Cc2ccccc2)nc1-c1cccs1. The Labute approximate surface area is 186 Å². The first-order valence-corrected chi connectivity index (χ1v) is 11.8. The Bertz CT molecular complexity index is 998. The standard InChI is InChI=1S/C24H28N4O2S/c29-22-12-5-2-6-14-27(22)15-8-13-25-24(30)20-18-28(17-19-9-3-1-4-10-19)26-23(20)21-11-7-16-31-21/h1,3-4,7,9-11,16,18H,2,5-6,8,12-15,17H2,(H,25,30). The summed E-state index contributed by atoms with van der Waals surface area (Å²) in [5.41, 5.74) is 2.44. The molecule has 0 radical (unpaired) electrons. The number of benzene rings is 1. The highest BCUT2D eigenvalue weighted by molar-refractivity contribution is 7.13. The van der Waals surface area contributed by atoms with Gasteiger partial charge in [0.1, 0.15) is 5.69 Å². The lowest BCUT2D eigenvalue weighted by atomic mass is 10.2. The molecule has 3 heterocycles. The zero-order valence-electron chi connectivity index (χ0n) is 17.6. The first kappa shape index (κ1) is 21.3. The van der Waals surface area contributed by atoms with Crippen molar-refractivity contribution in [3.8, 4) is 10.6 Å². The maximum atomic E-state index is 13.0. The van der Waals surface area contributed by atoms with Crippen LogP contribution in [0.4, 0.5) is 0 Å². The lowest BCUT2D eigenvalue weighted by molar-refractivity contribution is -0.130. The molecule has 1 aromatic carbocycles. The Hall–Kier alpha value is -2.93. The summed E-state index contributed by atoms with van der Waals surface area (Å²) in [6.45, 7) is 2.69. The van der Waals surface area contributed by atoms with Gasteiger partial charge in [-0.15, -0.1) is 11.3 Å². The second kappa shape index (κ2) is 10.4. The van der Waals surface area contributed by atoms with Gasteiger partial charge in [0.05, 0.1) is 17.0 Å². The number of carbonyl (C=O) groups excluding carboxylic acids is 2. The van der Waals surface area contributed by atoms with Crippen LogP contribution in [0.1, 0.15) is 48.0 Å². The molecule has 1 saturated heterocycles. The lowest BCUT2D eigenvalue weighted by Gasteiger charge is -2.20. The van der Waals surface area contributed by atoms with Crippen LogP contribution in [0.3, 0.4) is 0 Å². The third kappa shape index (κ3) is 5.61. The average Bonchev–Trinajstić information content (AvgIpc) is 3.41. The summed E-state index contributed by atoms with van der Waals surface area (Å²) < 4.78 is 1.83. The molecule has 0 saturated carbocycles. The van der Waals surface area contributed by atoms with Crippen molar-refractivity contribution >= 4 is 23.2 Å². The van der Waals surface area contributed by atoms with Crippen LogP contribution in [-0.4, -0.2) is 46.1 Å². The highest BCUT2D eigenvalue weighted by Crippen LogP contribution is 2.27. The molecule has 0 spiro atoms. The molecule has 2 amide bonds. The minimum Gasteiger partial charge on any atom is -0.352 e. The van der Waals surface area contributed by atoms with E-state index >= 15 is 0 Å². The smallest absolute Gasteiger partial charge is 0.255 e. The number of thiophene rings is 1. The highest BCUT2D eigenvalue weighted by atomic mass is 32.1. The highest BCUT2D eigenvalue weighted by Gasteiger charge is 2.19. The Morgan fingerprint density at radius 1 is 1.10 bits per heavy atom. The number of rotatable bonds is 8. The molecule has 6 nitrogen and oxygen atoms in total. The van der Waals surface area contributed by atoms with Gasteiger partial charge in [0, 0.05) is 32.3 Å². The fourth-order valence-corrected chi connectivity index (χ4v) is 4.60. The summed E-state index contributed by atoms with van der Waals surface area (Å²) >= 11 is 1.58. The van der Waals surface area contributed by atoms with Crippen molar-refractivity contribution in [3.05, 3.63) is 65.2 Å². The van der Waals surface area contributed by atoms with Crippen LogP contribution in [0.5, 0.6) is 0 Å². The molecule has 0 aliphatic carbocycles. The van der Waals surface area contributed by atoms with Gasteiger partial charge in [-0.2, -0.15) is 5.10 Å². The van der Waals surface area contributed by atoms with Gasteiger partial charge < -0.3 is 10.2 Å². The average molecular weight is 437 g/mol. The fourth-order valence-electron chi connectivity index (χ4n) is 3.88. The molecule has 0 bridgehead atoms. The molecule has 162 valence electrons. The summed E-state index contributed by atoms with van der Waals surface area (Å²) in [5, 5.41) is 9.72. The quantitative estimate of drug-likeness (QED) is 0.539. The number of amides is 2.